The molecule has 4 nitrogen and oxygen atoms in total. The lowest BCUT2D eigenvalue weighted by Gasteiger charge is -2.09. The molecule has 0 saturated carbocycles. The van der Waals surface area contributed by atoms with Crippen LogP contribution in [0.5, 0.6) is 0 Å². The molecule has 0 radical (unpaired) electrons. The van der Waals surface area contributed by atoms with Gasteiger partial charge in [-0.1, -0.05) is 24.3 Å². The van der Waals surface area contributed by atoms with Crippen LogP contribution in [0.15, 0.2) is 24.3 Å². The number of carboxylic acids is 1. The second kappa shape index (κ2) is 4.42. The molecule has 1 aliphatic heterocycles. The maximum Gasteiger partial charge on any atom is 0.307 e. The maximum absolute atomic E-state index is 10.5. The van der Waals surface area contributed by atoms with E-state index in [4.69, 9.17) is 14.6 Å². The summed E-state index contributed by atoms with van der Waals surface area (Å²) in [6.07, 6.45) is -0.240. The Kier molecular flexibility index (Phi) is 2.99. The quantitative estimate of drug-likeness (QED) is 0.814. The highest BCUT2D eigenvalue weighted by atomic mass is 16.7. The van der Waals surface area contributed by atoms with Crippen LogP contribution in [0, 0.1) is 0 Å². The van der Waals surface area contributed by atoms with Crippen molar-refractivity contribution in [3.8, 4) is 0 Å². The monoisotopic (exact) mass is 208 g/mol. The van der Waals surface area contributed by atoms with Crippen LogP contribution in [0.1, 0.15) is 17.4 Å². The zero-order chi connectivity index (χ0) is 10.7. The van der Waals surface area contributed by atoms with E-state index in [9.17, 15) is 4.79 Å². The van der Waals surface area contributed by atoms with Crippen molar-refractivity contribution in [3.63, 3.8) is 0 Å². The second-order valence-electron chi connectivity index (χ2n) is 3.39. The van der Waals surface area contributed by atoms with Crippen LogP contribution in [0.4, 0.5) is 0 Å². The Morgan fingerprint density at radius 1 is 1.27 bits per heavy atom. The summed E-state index contributed by atoms with van der Waals surface area (Å²) in [6.45, 7) is 1.23. The van der Waals surface area contributed by atoms with E-state index in [1.165, 1.54) is 0 Å². The SMILES string of the molecule is O=C(O)Cc1ccc(C2OCCO2)cc1. The van der Waals surface area contributed by atoms with Gasteiger partial charge in [-0.15, -0.1) is 0 Å². The largest absolute Gasteiger partial charge is 0.481 e. The van der Waals surface area contributed by atoms with Gasteiger partial charge in [0.2, 0.25) is 0 Å². The third-order valence-corrected chi connectivity index (χ3v) is 2.23. The third kappa shape index (κ3) is 2.55. The van der Waals surface area contributed by atoms with Crippen molar-refractivity contribution in [3.05, 3.63) is 35.4 Å². The first-order valence-corrected chi connectivity index (χ1v) is 4.79. The molecule has 1 N–H and O–H groups in total. The first-order chi connectivity index (χ1) is 7.25. The van der Waals surface area contributed by atoms with Gasteiger partial charge in [0.1, 0.15) is 0 Å². The van der Waals surface area contributed by atoms with Crippen molar-refractivity contribution >= 4 is 5.97 Å². The number of ether oxygens (including phenoxy) is 2. The number of hydrogen-bond acceptors (Lipinski definition) is 3. The predicted molar refractivity (Wildman–Crippen MR) is 52.4 cm³/mol. The van der Waals surface area contributed by atoms with Crippen LogP contribution in [-0.2, 0) is 20.7 Å². The average molecular weight is 208 g/mol. The summed E-state index contributed by atoms with van der Waals surface area (Å²) in [7, 11) is 0. The normalized spacial score (nSPS) is 16.8. The first kappa shape index (κ1) is 10.1. The van der Waals surface area contributed by atoms with Gasteiger partial charge in [0, 0.05) is 5.56 Å². The summed E-state index contributed by atoms with van der Waals surface area (Å²) in [5.41, 5.74) is 1.71. The second-order valence-corrected chi connectivity index (χ2v) is 3.39. The molecule has 0 spiro atoms. The molecule has 15 heavy (non-hydrogen) atoms. The average Bonchev–Trinajstić information content (AvgIpc) is 2.71. The number of aliphatic carboxylic acids is 1. The summed E-state index contributed by atoms with van der Waals surface area (Å²) < 4.78 is 10.6. The molecular formula is C11H12O4. The van der Waals surface area contributed by atoms with Gasteiger partial charge in [0.25, 0.3) is 0 Å². The number of carbonyl (C=O) groups is 1. The van der Waals surface area contributed by atoms with E-state index in [-0.39, 0.29) is 12.7 Å². The summed E-state index contributed by atoms with van der Waals surface area (Å²) in [6, 6.07) is 7.26. The molecular weight excluding hydrogens is 196 g/mol. The van der Waals surface area contributed by atoms with E-state index in [2.05, 4.69) is 0 Å². The van der Waals surface area contributed by atoms with E-state index in [1.807, 2.05) is 12.1 Å². The highest BCUT2D eigenvalue weighted by Gasteiger charge is 2.17. The summed E-state index contributed by atoms with van der Waals surface area (Å²) >= 11 is 0. The lowest BCUT2D eigenvalue weighted by molar-refractivity contribution is -0.136. The van der Waals surface area contributed by atoms with Crippen LogP contribution in [-0.4, -0.2) is 24.3 Å². The molecule has 0 bridgehead atoms. The number of rotatable bonds is 3. The zero-order valence-electron chi connectivity index (χ0n) is 8.18. The van der Waals surface area contributed by atoms with Gasteiger partial charge < -0.3 is 14.6 Å². The van der Waals surface area contributed by atoms with E-state index in [0.29, 0.717) is 13.2 Å². The molecule has 0 aliphatic carbocycles. The fourth-order valence-electron chi connectivity index (χ4n) is 1.52. The third-order valence-electron chi connectivity index (χ3n) is 2.23. The highest BCUT2D eigenvalue weighted by Crippen LogP contribution is 2.23. The van der Waals surface area contributed by atoms with Crippen LogP contribution in [0.2, 0.25) is 0 Å². The topological polar surface area (TPSA) is 55.8 Å². The molecule has 1 aliphatic rings. The Hall–Kier alpha value is -1.39. The molecule has 1 aromatic rings. The Morgan fingerprint density at radius 3 is 2.40 bits per heavy atom. The minimum Gasteiger partial charge on any atom is -0.481 e. The molecule has 80 valence electrons. The Morgan fingerprint density at radius 2 is 1.87 bits per heavy atom. The van der Waals surface area contributed by atoms with Crippen molar-refractivity contribution in [1.29, 1.82) is 0 Å². The van der Waals surface area contributed by atoms with Gasteiger partial charge in [-0.2, -0.15) is 0 Å². The van der Waals surface area contributed by atoms with Gasteiger partial charge >= 0.3 is 5.97 Å². The van der Waals surface area contributed by atoms with Gasteiger partial charge in [-0.3, -0.25) is 4.79 Å². The molecule has 1 heterocycles. The van der Waals surface area contributed by atoms with Crippen molar-refractivity contribution in [1.82, 2.24) is 0 Å². The smallest absolute Gasteiger partial charge is 0.307 e. The molecule has 1 saturated heterocycles. The Labute approximate surface area is 87.4 Å². The van der Waals surface area contributed by atoms with E-state index in [1.54, 1.807) is 12.1 Å². The molecule has 2 rings (SSSR count). The fraction of sp³-hybridized carbons (Fsp3) is 0.364. The number of hydrogen-bond donors (Lipinski definition) is 1. The summed E-state index contributed by atoms with van der Waals surface area (Å²) in [4.78, 5) is 10.5. The Balaban J connectivity index is 2.06. The fourth-order valence-corrected chi connectivity index (χ4v) is 1.52. The van der Waals surface area contributed by atoms with Crippen LogP contribution in [0.25, 0.3) is 0 Å². The van der Waals surface area contributed by atoms with Gasteiger partial charge in [0.05, 0.1) is 19.6 Å². The van der Waals surface area contributed by atoms with E-state index in [0.717, 1.165) is 11.1 Å². The van der Waals surface area contributed by atoms with Crippen molar-refractivity contribution < 1.29 is 19.4 Å². The van der Waals surface area contributed by atoms with Crippen molar-refractivity contribution in [2.24, 2.45) is 0 Å². The minimum atomic E-state index is -0.823. The molecule has 1 aromatic carbocycles. The standard InChI is InChI=1S/C11H12O4/c12-10(13)7-8-1-3-9(4-2-8)11-14-5-6-15-11/h1-4,11H,5-7H2,(H,12,13). The van der Waals surface area contributed by atoms with Gasteiger partial charge in [-0.05, 0) is 5.56 Å². The number of benzene rings is 1. The Bertz CT molecular complexity index is 338. The van der Waals surface area contributed by atoms with Crippen molar-refractivity contribution in [2.75, 3.05) is 13.2 Å². The zero-order valence-corrected chi connectivity index (χ0v) is 8.18. The molecule has 0 aromatic heterocycles. The molecule has 0 unspecified atom stereocenters. The lowest BCUT2D eigenvalue weighted by Crippen LogP contribution is -2.01. The van der Waals surface area contributed by atoms with Gasteiger partial charge in [0.15, 0.2) is 6.29 Å². The van der Waals surface area contributed by atoms with Crippen LogP contribution >= 0.6 is 0 Å². The van der Waals surface area contributed by atoms with E-state index < -0.39 is 5.97 Å². The van der Waals surface area contributed by atoms with E-state index >= 15 is 0 Å². The summed E-state index contributed by atoms with van der Waals surface area (Å²) in [5.74, 6) is -0.823. The highest BCUT2D eigenvalue weighted by molar-refractivity contribution is 5.70. The lowest BCUT2D eigenvalue weighted by atomic mass is 10.1. The molecule has 1 fully saturated rings. The van der Waals surface area contributed by atoms with Crippen LogP contribution < -0.4 is 0 Å². The van der Waals surface area contributed by atoms with Crippen molar-refractivity contribution in [2.45, 2.75) is 12.7 Å². The molecule has 0 amide bonds. The van der Waals surface area contributed by atoms with Crippen LogP contribution in [0.3, 0.4) is 0 Å². The minimum absolute atomic E-state index is 0.0483. The predicted octanol–water partition coefficient (Wildman–Crippen LogP) is 1.36. The summed E-state index contributed by atoms with van der Waals surface area (Å²) in [5, 5.41) is 8.60. The molecule has 0 atom stereocenters. The number of carboxylic acid groups (broad SMARTS) is 1. The maximum atomic E-state index is 10.5. The van der Waals surface area contributed by atoms with Gasteiger partial charge in [-0.25, -0.2) is 0 Å². The molecule has 4 heteroatoms. The first-order valence-electron chi connectivity index (χ1n) is 4.79.